The van der Waals surface area contributed by atoms with Gasteiger partial charge in [-0.15, -0.1) is 11.8 Å². The minimum Gasteiger partial charge on any atom is -0.356 e. The highest BCUT2D eigenvalue weighted by Gasteiger charge is 2.12. The number of rotatable bonds is 5. The van der Waals surface area contributed by atoms with Crippen molar-refractivity contribution < 1.29 is 9.32 Å². The van der Waals surface area contributed by atoms with E-state index in [9.17, 15) is 4.79 Å². The number of pyridine rings is 1. The summed E-state index contributed by atoms with van der Waals surface area (Å²) in [5, 5.41) is 7.53. The van der Waals surface area contributed by atoms with Crippen LogP contribution in [0.2, 0.25) is 0 Å². The van der Waals surface area contributed by atoms with Gasteiger partial charge in [-0.3, -0.25) is 4.79 Å². The Morgan fingerprint density at radius 3 is 2.83 bits per heavy atom. The summed E-state index contributed by atoms with van der Waals surface area (Å²) in [6.07, 6.45) is 3.56. The van der Waals surface area contributed by atoms with Crippen molar-refractivity contribution in [3.63, 3.8) is 0 Å². The minimum absolute atomic E-state index is 0.174. The van der Waals surface area contributed by atoms with E-state index in [0.29, 0.717) is 28.6 Å². The summed E-state index contributed by atoms with van der Waals surface area (Å²) in [5.41, 5.74) is 2.19. The zero-order valence-electron chi connectivity index (χ0n) is 12.5. The second kappa shape index (κ2) is 7.11. The molecule has 3 rings (SSSR count). The molecule has 116 valence electrons. The number of carbonyl (C=O) groups excluding carboxylic acids is 1. The third-order valence-corrected chi connectivity index (χ3v) is 3.97. The molecule has 0 aliphatic carbocycles. The fourth-order valence-corrected chi connectivity index (χ4v) is 2.67. The highest BCUT2D eigenvalue weighted by atomic mass is 32.2. The van der Waals surface area contributed by atoms with E-state index in [2.05, 4.69) is 15.5 Å². The number of aromatic nitrogens is 2. The third kappa shape index (κ3) is 3.60. The summed E-state index contributed by atoms with van der Waals surface area (Å²) >= 11 is 1.44. The quantitative estimate of drug-likeness (QED) is 0.728. The van der Waals surface area contributed by atoms with Crippen LogP contribution >= 0.6 is 11.8 Å². The number of nitrogens with zero attached hydrogens (tertiary/aromatic N) is 2. The van der Waals surface area contributed by atoms with Crippen LogP contribution in [0.1, 0.15) is 16.1 Å². The molecule has 0 spiro atoms. The number of hydrogen-bond acceptors (Lipinski definition) is 5. The first-order valence-electron chi connectivity index (χ1n) is 7.06. The number of amides is 1. The van der Waals surface area contributed by atoms with Crippen LogP contribution in [0.25, 0.3) is 11.3 Å². The topological polar surface area (TPSA) is 68.0 Å². The van der Waals surface area contributed by atoms with Gasteiger partial charge in [0.05, 0.1) is 12.1 Å². The Kier molecular flexibility index (Phi) is 4.73. The van der Waals surface area contributed by atoms with E-state index in [1.807, 2.05) is 42.7 Å². The molecule has 0 unspecified atom stereocenters. The van der Waals surface area contributed by atoms with Gasteiger partial charge in [0, 0.05) is 17.8 Å². The van der Waals surface area contributed by atoms with Crippen LogP contribution in [0.15, 0.2) is 64.3 Å². The lowest BCUT2D eigenvalue weighted by atomic mass is 10.1. The largest absolute Gasteiger partial charge is 0.356 e. The van der Waals surface area contributed by atoms with Gasteiger partial charge in [-0.05, 0) is 18.4 Å². The molecule has 6 heteroatoms. The number of benzene rings is 1. The average Bonchev–Trinajstić information content (AvgIpc) is 3.09. The molecular weight excluding hydrogens is 310 g/mol. The van der Waals surface area contributed by atoms with Gasteiger partial charge in [-0.2, -0.15) is 0 Å². The first-order valence-corrected chi connectivity index (χ1v) is 8.28. The molecule has 1 N–H and O–H groups in total. The molecule has 5 nitrogen and oxygen atoms in total. The average molecular weight is 325 g/mol. The molecule has 2 aromatic heterocycles. The Bertz CT molecular complexity index is 802. The van der Waals surface area contributed by atoms with E-state index in [0.717, 1.165) is 5.56 Å². The maximum atomic E-state index is 12.3. The van der Waals surface area contributed by atoms with Crippen molar-refractivity contribution in [2.45, 2.75) is 11.6 Å². The first-order chi connectivity index (χ1) is 11.3. The second-order valence-electron chi connectivity index (χ2n) is 4.79. The van der Waals surface area contributed by atoms with Crippen LogP contribution in [-0.2, 0) is 6.54 Å². The molecule has 0 atom stereocenters. The van der Waals surface area contributed by atoms with Crippen molar-refractivity contribution in [2.75, 3.05) is 6.26 Å². The van der Waals surface area contributed by atoms with E-state index in [4.69, 9.17) is 4.52 Å². The van der Waals surface area contributed by atoms with Gasteiger partial charge in [-0.1, -0.05) is 35.5 Å². The molecule has 0 saturated heterocycles. The zero-order valence-corrected chi connectivity index (χ0v) is 13.3. The molecule has 1 amide bonds. The summed E-state index contributed by atoms with van der Waals surface area (Å²) in [5.74, 6) is 0.507. The minimum atomic E-state index is -0.174. The van der Waals surface area contributed by atoms with Gasteiger partial charge in [0.2, 0.25) is 0 Å². The summed E-state index contributed by atoms with van der Waals surface area (Å²) < 4.78 is 5.32. The van der Waals surface area contributed by atoms with E-state index < -0.39 is 0 Å². The Labute approximate surface area is 138 Å². The predicted octanol–water partition coefficient (Wildman–Crippen LogP) is 3.39. The van der Waals surface area contributed by atoms with Gasteiger partial charge < -0.3 is 9.84 Å². The van der Waals surface area contributed by atoms with Crippen LogP contribution in [0.3, 0.4) is 0 Å². The summed E-state index contributed by atoms with van der Waals surface area (Å²) in [4.78, 5) is 16.4. The highest BCUT2D eigenvalue weighted by Crippen LogP contribution is 2.20. The Morgan fingerprint density at radius 2 is 2.04 bits per heavy atom. The van der Waals surface area contributed by atoms with Gasteiger partial charge in [-0.25, -0.2) is 4.98 Å². The molecule has 23 heavy (non-hydrogen) atoms. The van der Waals surface area contributed by atoms with Crippen LogP contribution in [-0.4, -0.2) is 22.3 Å². The van der Waals surface area contributed by atoms with E-state index >= 15 is 0 Å². The van der Waals surface area contributed by atoms with Crippen molar-refractivity contribution in [1.29, 1.82) is 0 Å². The van der Waals surface area contributed by atoms with Crippen molar-refractivity contribution in [1.82, 2.24) is 15.5 Å². The molecule has 0 aliphatic rings. The summed E-state index contributed by atoms with van der Waals surface area (Å²) in [6.45, 7) is 0.303. The van der Waals surface area contributed by atoms with Gasteiger partial charge in [0.25, 0.3) is 5.91 Å². The molecule has 2 heterocycles. The van der Waals surface area contributed by atoms with Crippen LogP contribution in [0.5, 0.6) is 0 Å². The number of carbonyl (C=O) groups is 1. The molecule has 0 radical (unpaired) electrons. The van der Waals surface area contributed by atoms with Crippen LogP contribution in [0.4, 0.5) is 0 Å². The van der Waals surface area contributed by atoms with Crippen LogP contribution < -0.4 is 5.32 Å². The van der Waals surface area contributed by atoms with Crippen molar-refractivity contribution >= 4 is 17.7 Å². The molecule has 0 bridgehead atoms. The lowest BCUT2D eigenvalue weighted by Gasteiger charge is -2.05. The Balaban J connectivity index is 1.67. The van der Waals surface area contributed by atoms with Gasteiger partial charge in [0.1, 0.15) is 10.7 Å². The van der Waals surface area contributed by atoms with E-state index in [-0.39, 0.29) is 5.91 Å². The standard InChI is InChI=1S/C17H15N3O2S/c1-23-17-14(8-5-9-18-17)16(21)19-11-13-10-15(22-20-13)12-6-3-2-4-7-12/h2-10H,11H2,1H3,(H,19,21). The van der Waals surface area contributed by atoms with E-state index in [1.165, 1.54) is 11.8 Å². The number of nitrogens with one attached hydrogen (secondary N) is 1. The predicted molar refractivity (Wildman–Crippen MR) is 89.1 cm³/mol. The van der Waals surface area contributed by atoms with Gasteiger partial charge in [0.15, 0.2) is 5.76 Å². The molecule has 3 aromatic rings. The monoisotopic (exact) mass is 325 g/mol. The molecule has 0 fully saturated rings. The van der Waals surface area contributed by atoms with Crippen molar-refractivity contribution in [3.05, 3.63) is 66.0 Å². The highest BCUT2D eigenvalue weighted by molar-refractivity contribution is 7.98. The maximum absolute atomic E-state index is 12.3. The molecule has 0 saturated carbocycles. The normalized spacial score (nSPS) is 10.5. The smallest absolute Gasteiger partial charge is 0.254 e. The zero-order chi connectivity index (χ0) is 16.1. The summed E-state index contributed by atoms with van der Waals surface area (Å²) in [7, 11) is 0. The second-order valence-corrected chi connectivity index (χ2v) is 5.59. The SMILES string of the molecule is CSc1ncccc1C(=O)NCc1cc(-c2ccccc2)on1. The molecule has 0 aliphatic heterocycles. The van der Waals surface area contributed by atoms with E-state index in [1.54, 1.807) is 18.3 Å². The summed E-state index contributed by atoms with van der Waals surface area (Å²) in [6, 6.07) is 15.0. The fraction of sp³-hybridized carbons (Fsp3) is 0.118. The fourth-order valence-electron chi connectivity index (χ4n) is 2.13. The number of hydrogen-bond donors (Lipinski definition) is 1. The lowest BCUT2D eigenvalue weighted by molar-refractivity contribution is 0.0946. The van der Waals surface area contributed by atoms with Crippen molar-refractivity contribution in [3.8, 4) is 11.3 Å². The Morgan fingerprint density at radius 1 is 1.22 bits per heavy atom. The molecule has 1 aromatic carbocycles. The molecular formula is C17H15N3O2S. The number of thioether (sulfide) groups is 1. The lowest BCUT2D eigenvalue weighted by Crippen LogP contribution is -2.23. The third-order valence-electron chi connectivity index (χ3n) is 3.26. The first kappa shape index (κ1) is 15.3. The van der Waals surface area contributed by atoms with Gasteiger partial charge >= 0.3 is 0 Å². The van der Waals surface area contributed by atoms with Crippen LogP contribution in [0, 0.1) is 0 Å². The Hall–Kier alpha value is -2.60. The maximum Gasteiger partial charge on any atom is 0.254 e. The van der Waals surface area contributed by atoms with Crippen molar-refractivity contribution in [2.24, 2.45) is 0 Å².